The predicted molar refractivity (Wildman–Crippen MR) is 120 cm³/mol. The van der Waals surface area contributed by atoms with Crippen molar-refractivity contribution in [3.05, 3.63) is 71.8 Å². The van der Waals surface area contributed by atoms with Gasteiger partial charge in [-0.2, -0.15) is 10.2 Å². The maximum atomic E-state index is 12.3. The zero-order valence-corrected chi connectivity index (χ0v) is 17.6. The lowest BCUT2D eigenvalue weighted by Crippen LogP contribution is -2.58. The van der Waals surface area contributed by atoms with Gasteiger partial charge in [0.15, 0.2) is 0 Å². The van der Waals surface area contributed by atoms with E-state index in [0.717, 1.165) is 11.1 Å². The highest BCUT2D eigenvalue weighted by molar-refractivity contribution is 5.84. The van der Waals surface area contributed by atoms with Gasteiger partial charge in [0, 0.05) is 14.1 Å². The Morgan fingerprint density at radius 2 is 1.12 bits per heavy atom. The van der Waals surface area contributed by atoms with Crippen molar-refractivity contribution in [1.82, 2.24) is 31.3 Å². The Bertz CT molecular complexity index is 917. The summed E-state index contributed by atoms with van der Waals surface area (Å²) in [6, 6.07) is 16.8. The third-order valence-corrected chi connectivity index (χ3v) is 4.65. The summed E-state index contributed by atoms with van der Waals surface area (Å²) < 4.78 is 0. The fraction of sp³-hybridized carbons (Fsp3) is 0.190. The number of amides is 6. The molecule has 4 N–H and O–H groups in total. The Hall–Kier alpha value is -4.41. The largest absolute Gasteiger partial charge is 0.336 e. The van der Waals surface area contributed by atoms with E-state index in [9.17, 15) is 14.4 Å². The molecule has 1 aliphatic heterocycles. The Labute approximate surface area is 185 Å². The molecule has 11 heteroatoms. The van der Waals surface area contributed by atoms with Gasteiger partial charge in [0.2, 0.25) is 0 Å². The summed E-state index contributed by atoms with van der Waals surface area (Å²) >= 11 is 0. The van der Waals surface area contributed by atoms with Crippen LogP contribution in [-0.4, -0.2) is 66.7 Å². The summed E-state index contributed by atoms with van der Waals surface area (Å²) in [6.45, 7) is 0. The molecule has 0 radical (unpaired) electrons. The zero-order valence-electron chi connectivity index (χ0n) is 17.6. The van der Waals surface area contributed by atoms with Crippen LogP contribution >= 0.6 is 0 Å². The summed E-state index contributed by atoms with van der Waals surface area (Å²) in [5.74, 6) is 0. The van der Waals surface area contributed by atoms with Crippen LogP contribution in [-0.2, 0) is 0 Å². The van der Waals surface area contributed by atoms with Gasteiger partial charge in [-0.25, -0.2) is 25.2 Å². The van der Waals surface area contributed by atoms with Crippen molar-refractivity contribution in [1.29, 1.82) is 0 Å². The molecule has 6 amide bonds. The van der Waals surface area contributed by atoms with Crippen molar-refractivity contribution in [2.45, 2.75) is 12.3 Å². The molecule has 1 fully saturated rings. The quantitative estimate of drug-likeness (QED) is 0.402. The first-order chi connectivity index (χ1) is 15.5. The molecular formula is C21H24N8O3. The molecule has 0 aliphatic carbocycles. The van der Waals surface area contributed by atoms with Crippen LogP contribution in [0.4, 0.5) is 14.4 Å². The highest BCUT2D eigenvalue weighted by Crippen LogP contribution is 2.16. The van der Waals surface area contributed by atoms with Crippen LogP contribution in [0.1, 0.15) is 11.1 Å². The number of nitrogens with zero attached hydrogens (tertiary/aromatic N) is 4. The van der Waals surface area contributed by atoms with Crippen LogP contribution in [0.25, 0.3) is 0 Å². The molecule has 1 saturated heterocycles. The molecule has 2 atom stereocenters. The number of likely N-dealkylation sites (N-methyl/N-ethyl adjacent to an activating group) is 2. The van der Waals surface area contributed by atoms with Crippen LogP contribution in [0, 0.1) is 0 Å². The van der Waals surface area contributed by atoms with Crippen LogP contribution < -0.4 is 21.5 Å². The smallest absolute Gasteiger partial charge is 0.313 e. The van der Waals surface area contributed by atoms with E-state index in [1.165, 1.54) is 36.3 Å². The predicted octanol–water partition coefficient (Wildman–Crippen LogP) is 1.30. The number of urea groups is 3. The fourth-order valence-corrected chi connectivity index (χ4v) is 3.00. The number of benzene rings is 2. The first-order valence-electron chi connectivity index (χ1n) is 9.74. The van der Waals surface area contributed by atoms with E-state index in [2.05, 4.69) is 31.7 Å². The second-order valence-corrected chi connectivity index (χ2v) is 6.90. The molecule has 3 rings (SSSR count). The van der Waals surface area contributed by atoms with Crippen LogP contribution in [0.15, 0.2) is 70.9 Å². The average Bonchev–Trinajstić information content (AvgIpc) is 2.99. The van der Waals surface area contributed by atoms with Crippen molar-refractivity contribution in [3.63, 3.8) is 0 Å². The lowest BCUT2D eigenvalue weighted by atomic mass is 10.2. The van der Waals surface area contributed by atoms with Crippen LogP contribution in [0.5, 0.6) is 0 Å². The van der Waals surface area contributed by atoms with Gasteiger partial charge in [-0.3, -0.25) is 0 Å². The second kappa shape index (κ2) is 10.6. The summed E-state index contributed by atoms with van der Waals surface area (Å²) in [5, 5.41) is 13.0. The molecule has 2 unspecified atom stereocenters. The van der Waals surface area contributed by atoms with E-state index in [4.69, 9.17) is 0 Å². The minimum absolute atomic E-state index is 0.374. The van der Waals surface area contributed by atoms with Gasteiger partial charge in [0.1, 0.15) is 12.3 Å². The lowest BCUT2D eigenvalue weighted by Gasteiger charge is -2.26. The number of nitrogens with one attached hydrogen (secondary N) is 4. The summed E-state index contributed by atoms with van der Waals surface area (Å²) in [4.78, 5) is 39.5. The van der Waals surface area contributed by atoms with Gasteiger partial charge < -0.3 is 20.4 Å². The Morgan fingerprint density at radius 1 is 0.750 bits per heavy atom. The van der Waals surface area contributed by atoms with Gasteiger partial charge in [0.25, 0.3) is 0 Å². The fourth-order valence-electron chi connectivity index (χ4n) is 3.00. The maximum Gasteiger partial charge on any atom is 0.336 e. The van der Waals surface area contributed by atoms with Gasteiger partial charge in [-0.15, -0.1) is 0 Å². The molecule has 2 aromatic rings. The molecule has 0 saturated carbocycles. The highest BCUT2D eigenvalue weighted by Gasteiger charge is 2.43. The molecule has 11 nitrogen and oxygen atoms in total. The first kappa shape index (κ1) is 22.3. The standard InChI is InChI=1S/C21H24N8O3/c1-28-17(24-19(30)26-22-13-15-9-5-3-6-10-15)18(29(2)21(28)32)25-20(31)27-23-14-16-11-7-4-8-12-16/h3-14,17-18H,1-2H3,(H2,24,26,30)(H2,25,27,31). The first-order valence-corrected chi connectivity index (χ1v) is 9.74. The van der Waals surface area contributed by atoms with E-state index >= 15 is 0 Å². The Kier molecular flexibility index (Phi) is 7.36. The van der Waals surface area contributed by atoms with Crippen LogP contribution in [0.3, 0.4) is 0 Å². The molecule has 1 aliphatic rings. The molecule has 2 aromatic carbocycles. The number of hydrazone groups is 2. The van der Waals surface area contributed by atoms with Crippen molar-refractivity contribution in [2.24, 2.45) is 10.2 Å². The minimum Gasteiger partial charge on any atom is -0.313 e. The van der Waals surface area contributed by atoms with E-state index < -0.39 is 24.4 Å². The number of hydrogen-bond acceptors (Lipinski definition) is 5. The molecular weight excluding hydrogens is 412 g/mol. The Balaban J connectivity index is 1.56. The van der Waals surface area contributed by atoms with Crippen molar-refractivity contribution < 1.29 is 14.4 Å². The molecule has 32 heavy (non-hydrogen) atoms. The molecule has 0 aromatic heterocycles. The van der Waals surface area contributed by atoms with Crippen molar-refractivity contribution in [3.8, 4) is 0 Å². The average molecular weight is 436 g/mol. The third kappa shape index (κ3) is 5.81. The number of hydrogen-bond donors (Lipinski definition) is 4. The maximum absolute atomic E-state index is 12.3. The van der Waals surface area contributed by atoms with Gasteiger partial charge >= 0.3 is 18.1 Å². The summed E-state index contributed by atoms with van der Waals surface area (Å²) in [7, 11) is 3.04. The van der Waals surface area contributed by atoms with Crippen molar-refractivity contribution in [2.75, 3.05) is 14.1 Å². The number of carbonyl (C=O) groups excluding carboxylic acids is 3. The molecule has 0 spiro atoms. The minimum atomic E-state index is -0.830. The second-order valence-electron chi connectivity index (χ2n) is 6.90. The van der Waals surface area contributed by atoms with E-state index in [1.807, 2.05) is 60.7 Å². The van der Waals surface area contributed by atoms with E-state index in [1.54, 1.807) is 0 Å². The zero-order chi connectivity index (χ0) is 22.9. The number of carbonyl (C=O) groups is 3. The highest BCUT2D eigenvalue weighted by atomic mass is 16.2. The van der Waals surface area contributed by atoms with E-state index in [-0.39, 0.29) is 6.03 Å². The SMILES string of the molecule is CN1C(=O)N(C)C(NC(=O)NN=Cc2ccccc2)C1NC(=O)NN=Cc1ccccc1. The van der Waals surface area contributed by atoms with Crippen LogP contribution in [0.2, 0.25) is 0 Å². The summed E-state index contributed by atoms with van der Waals surface area (Å²) in [5.41, 5.74) is 6.32. The van der Waals surface area contributed by atoms with Gasteiger partial charge in [-0.05, 0) is 11.1 Å². The van der Waals surface area contributed by atoms with Gasteiger partial charge in [0.05, 0.1) is 12.4 Å². The van der Waals surface area contributed by atoms with E-state index in [0.29, 0.717) is 0 Å². The lowest BCUT2D eigenvalue weighted by molar-refractivity contribution is 0.194. The van der Waals surface area contributed by atoms with Crippen molar-refractivity contribution >= 4 is 30.5 Å². The molecule has 1 heterocycles. The monoisotopic (exact) mass is 436 g/mol. The number of rotatable bonds is 6. The third-order valence-electron chi connectivity index (χ3n) is 4.65. The molecule has 0 bridgehead atoms. The summed E-state index contributed by atoms with van der Waals surface area (Å²) in [6.07, 6.45) is 1.32. The topological polar surface area (TPSA) is 131 Å². The Morgan fingerprint density at radius 3 is 1.50 bits per heavy atom. The molecule has 166 valence electrons. The van der Waals surface area contributed by atoms with Gasteiger partial charge in [-0.1, -0.05) is 60.7 Å². The normalized spacial score (nSPS) is 18.2.